The topological polar surface area (TPSA) is 70.2 Å². The summed E-state index contributed by atoms with van der Waals surface area (Å²) in [5, 5.41) is 0. The van der Waals surface area contributed by atoms with Crippen molar-refractivity contribution in [2.75, 3.05) is 13.1 Å². The number of rotatable bonds is 2. The molecule has 1 aliphatic heterocycles. The first-order valence-corrected chi connectivity index (χ1v) is 6.63. The van der Waals surface area contributed by atoms with Crippen LogP contribution in [-0.4, -0.2) is 30.8 Å². The number of nitrogens with one attached hydrogen (secondary N) is 1. The van der Waals surface area contributed by atoms with Crippen molar-refractivity contribution in [1.29, 1.82) is 0 Å². The number of sulfonamides is 1. The Hall–Kier alpha value is -1.14. The Morgan fingerprint density at radius 3 is 2.69 bits per heavy atom. The zero-order valence-corrected chi connectivity index (χ0v) is 9.83. The van der Waals surface area contributed by atoms with Crippen LogP contribution in [-0.2, 0) is 10.0 Å². The van der Waals surface area contributed by atoms with Crippen LogP contribution < -0.4 is 5.56 Å². The van der Waals surface area contributed by atoms with E-state index in [0.717, 1.165) is 6.42 Å². The summed E-state index contributed by atoms with van der Waals surface area (Å²) >= 11 is 0. The van der Waals surface area contributed by atoms with Crippen LogP contribution in [0.15, 0.2) is 28.0 Å². The quantitative estimate of drug-likeness (QED) is 0.816. The molecule has 2 heterocycles. The maximum Gasteiger partial charge on any atom is 0.247 e. The van der Waals surface area contributed by atoms with Crippen LogP contribution in [0.1, 0.15) is 13.3 Å². The molecule has 6 heteroatoms. The van der Waals surface area contributed by atoms with Crippen molar-refractivity contribution in [3.8, 4) is 0 Å². The number of hydrogen-bond acceptors (Lipinski definition) is 3. The van der Waals surface area contributed by atoms with E-state index in [1.165, 1.54) is 22.6 Å². The molecule has 1 unspecified atom stereocenters. The Labute approximate surface area is 94.2 Å². The van der Waals surface area contributed by atoms with Crippen LogP contribution in [0.2, 0.25) is 0 Å². The lowest BCUT2D eigenvalue weighted by Gasteiger charge is -2.15. The third kappa shape index (κ3) is 2.03. The molecule has 1 aromatic rings. The van der Waals surface area contributed by atoms with Gasteiger partial charge in [-0.15, -0.1) is 0 Å². The summed E-state index contributed by atoms with van der Waals surface area (Å²) in [6, 6.07) is 2.57. The Balaban J connectivity index is 2.32. The van der Waals surface area contributed by atoms with Crippen molar-refractivity contribution in [2.24, 2.45) is 5.92 Å². The number of hydrogen-bond donors (Lipinski definition) is 1. The molecule has 0 bridgehead atoms. The van der Waals surface area contributed by atoms with E-state index in [-0.39, 0.29) is 10.5 Å². The Morgan fingerprint density at radius 1 is 1.44 bits per heavy atom. The van der Waals surface area contributed by atoms with Crippen molar-refractivity contribution in [2.45, 2.75) is 18.2 Å². The molecule has 0 aromatic carbocycles. The molecule has 1 aromatic heterocycles. The van der Waals surface area contributed by atoms with Crippen molar-refractivity contribution < 1.29 is 8.42 Å². The average Bonchev–Trinajstić information content (AvgIpc) is 2.66. The van der Waals surface area contributed by atoms with Crippen molar-refractivity contribution in [1.82, 2.24) is 9.29 Å². The molecule has 16 heavy (non-hydrogen) atoms. The zero-order chi connectivity index (χ0) is 11.8. The highest BCUT2D eigenvalue weighted by Crippen LogP contribution is 2.22. The van der Waals surface area contributed by atoms with Gasteiger partial charge in [-0.25, -0.2) is 8.42 Å². The van der Waals surface area contributed by atoms with Gasteiger partial charge in [-0.2, -0.15) is 4.31 Å². The molecule has 0 saturated carbocycles. The van der Waals surface area contributed by atoms with Gasteiger partial charge >= 0.3 is 0 Å². The largest absolute Gasteiger partial charge is 0.328 e. The fourth-order valence-corrected chi connectivity index (χ4v) is 3.36. The highest BCUT2D eigenvalue weighted by Gasteiger charge is 2.30. The van der Waals surface area contributed by atoms with E-state index < -0.39 is 10.0 Å². The first-order chi connectivity index (χ1) is 7.50. The zero-order valence-electron chi connectivity index (χ0n) is 9.01. The maximum absolute atomic E-state index is 12.1. The van der Waals surface area contributed by atoms with Crippen LogP contribution in [0.3, 0.4) is 0 Å². The van der Waals surface area contributed by atoms with Gasteiger partial charge in [-0.3, -0.25) is 4.79 Å². The van der Waals surface area contributed by atoms with E-state index in [0.29, 0.717) is 19.0 Å². The molecule has 1 atom stereocenters. The summed E-state index contributed by atoms with van der Waals surface area (Å²) in [5.74, 6) is 0.400. The summed E-state index contributed by atoms with van der Waals surface area (Å²) in [6.07, 6.45) is 2.14. The molecule has 1 aliphatic rings. The van der Waals surface area contributed by atoms with Crippen LogP contribution in [0.4, 0.5) is 0 Å². The molecule has 1 saturated heterocycles. The number of aromatic nitrogens is 1. The minimum Gasteiger partial charge on any atom is -0.328 e. The summed E-state index contributed by atoms with van der Waals surface area (Å²) < 4.78 is 25.7. The standard InChI is InChI=1S/C10H14N2O3S/c1-8-4-5-12(7-8)16(14,15)9-2-3-10(13)11-6-9/h2-3,6,8H,4-5,7H2,1H3,(H,11,13). The van der Waals surface area contributed by atoms with Gasteiger partial charge < -0.3 is 4.98 Å². The number of pyridine rings is 1. The van der Waals surface area contributed by atoms with Gasteiger partial charge in [0.2, 0.25) is 15.6 Å². The van der Waals surface area contributed by atoms with Crippen LogP contribution in [0.25, 0.3) is 0 Å². The Morgan fingerprint density at radius 2 is 2.19 bits per heavy atom. The lowest BCUT2D eigenvalue weighted by molar-refractivity contribution is 0.464. The molecular formula is C10H14N2O3S. The normalized spacial score (nSPS) is 22.4. The molecule has 1 fully saturated rings. The maximum atomic E-state index is 12.1. The average molecular weight is 242 g/mol. The number of aromatic amines is 1. The van der Waals surface area contributed by atoms with Gasteiger partial charge in [0.05, 0.1) is 4.90 Å². The van der Waals surface area contributed by atoms with E-state index in [1.807, 2.05) is 6.92 Å². The second-order valence-corrected chi connectivity index (χ2v) is 6.08. The molecule has 0 spiro atoms. The highest BCUT2D eigenvalue weighted by atomic mass is 32.2. The van der Waals surface area contributed by atoms with Crippen LogP contribution in [0, 0.1) is 5.92 Å². The molecule has 0 aliphatic carbocycles. The molecule has 5 nitrogen and oxygen atoms in total. The second-order valence-electron chi connectivity index (χ2n) is 4.15. The van der Waals surface area contributed by atoms with Crippen molar-refractivity contribution in [3.05, 3.63) is 28.7 Å². The second kappa shape index (κ2) is 4.03. The predicted octanol–water partition coefficient (Wildman–Crippen LogP) is 0.405. The lowest BCUT2D eigenvalue weighted by Crippen LogP contribution is -2.29. The van der Waals surface area contributed by atoms with Gasteiger partial charge in [0.1, 0.15) is 0 Å². The fourth-order valence-electron chi connectivity index (χ4n) is 1.82. The van der Waals surface area contributed by atoms with E-state index in [2.05, 4.69) is 4.98 Å². The number of nitrogens with zero attached hydrogens (tertiary/aromatic N) is 1. The van der Waals surface area contributed by atoms with E-state index in [1.54, 1.807) is 0 Å². The SMILES string of the molecule is CC1CCN(S(=O)(=O)c2ccc(=O)[nH]c2)C1. The van der Waals surface area contributed by atoms with Gasteiger partial charge in [-0.1, -0.05) is 6.92 Å². The fraction of sp³-hybridized carbons (Fsp3) is 0.500. The van der Waals surface area contributed by atoms with E-state index in [4.69, 9.17) is 0 Å². The number of H-pyrrole nitrogens is 1. The molecule has 0 amide bonds. The summed E-state index contributed by atoms with van der Waals surface area (Å²) in [4.78, 5) is 13.4. The summed E-state index contributed by atoms with van der Waals surface area (Å²) in [6.45, 7) is 3.15. The Bertz CT molecular complexity index is 515. The predicted molar refractivity (Wildman–Crippen MR) is 59.6 cm³/mol. The molecular weight excluding hydrogens is 228 g/mol. The van der Waals surface area contributed by atoms with E-state index in [9.17, 15) is 13.2 Å². The minimum absolute atomic E-state index is 0.154. The smallest absolute Gasteiger partial charge is 0.247 e. The van der Waals surface area contributed by atoms with Crippen LogP contribution >= 0.6 is 0 Å². The van der Waals surface area contributed by atoms with Gasteiger partial charge in [0.25, 0.3) is 0 Å². The van der Waals surface area contributed by atoms with Gasteiger partial charge in [0, 0.05) is 25.4 Å². The summed E-state index contributed by atoms with van der Waals surface area (Å²) in [5.41, 5.74) is -0.297. The third-order valence-corrected chi connectivity index (χ3v) is 4.64. The van der Waals surface area contributed by atoms with E-state index >= 15 is 0 Å². The first-order valence-electron chi connectivity index (χ1n) is 5.19. The van der Waals surface area contributed by atoms with Gasteiger partial charge in [0.15, 0.2) is 0 Å². The van der Waals surface area contributed by atoms with Crippen LogP contribution in [0.5, 0.6) is 0 Å². The minimum atomic E-state index is -3.43. The van der Waals surface area contributed by atoms with Crippen molar-refractivity contribution >= 4 is 10.0 Å². The highest BCUT2D eigenvalue weighted by molar-refractivity contribution is 7.89. The molecule has 2 rings (SSSR count). The monoisotopic (exact) mass is 242 g/mol. The molecule has 88 valence electrons. The molecule has 1 N–H and O–H groups in total. The first kappa shape index (κ1) is 11.3. The third-order valence-electron chi connectivity index (χ3n) is 2.78. The van der Waals surface area contributed by atoms with Crippen molar-refractivity contribution in [3.63, 3.8) is 0 Å². The van der Waals surface area contributed by atoms with Gasteiger partial charge in [-0.05, 0) is 18.4 Å². The lowest BCUT2D eigenvalue weighted by atomic mass is 10.2. The molecule has 0 radical (unpaired) electrons. The Kier molecular flexibility index (Phi) is 2.86. The summed E-state index contributed by atoms with van der Waals surface area (Å²) in [7, 11) is -3.43.